The monoisotopic (exact) mass is 358 g/mol. The molecule has 1 aliphatic heterocycles. The Balaban J connectivity index is 3.04. The molecule has 1 heterocycles. The molecule has 1 rings (SSSR count). The van der Waals surface area contributed by atoms with Crippen molar-refractivity contribution in [1.82, 2.24) is 0 Å². The molecule has 1 aliphatic rings. The fourth-order valence-electron chi connectivity index (χ4n) is 3.65. The van der Waals surface area contributed by atoms with Gasteiger partial charge in [-0.2, -0.15) is 0 Å². The van der Waals surface area contributed by atoms with Gasteiger partial charge in [0.1, 0.15) is 11.9 Å². The highest BCUT2D eigenvalue weighted by atomic mass is 16.6. The Morgan fingerprint density at radius 3 is 2.24 bits per heavy atom. The van der Waals surface area contributed by atoms with Crippen molar-refractivity contribution in [3.63, 3.8) is 0 Å². The van der Waals surface area contributed by atoms with Crippen LogP contribution >= 0.6 is 0 Å². The number of carbonyl (C=O) groups excluding carboxylic acids is 2. The van der Waals surface area contributed by atoms with Crippen LogP contribution in [0.15, 0.2) is 0 Å². The summed E-state index contributed by atoms with van der Waals surface area (Å²) in [5, 5.41) is 30.6. The summed E-state index contributed by atoms with van der Waals surface area (Å²) in [7, 11) is 0. The third-order valence-electron chi connectivity index (χ3n) is 5.36. The number of Topliss-reactive ketones (excluding diaryl/α,β-unsaturated/α-hetero) is 1. The van der Waals surface area contributed by atoms with E-state index in [1.54, 1.807) is 20.8 Å². The van der Waals surface area contributed by atoms with Crippen LogP contribution in [0.3, 0.4) is 0 Å². The third-order valence-corrected chi connectivity index (χ3v) is 5.36. The van der Waals surface area contributed by atoms with Crippen molar-refractivity contribution < 1.29 is 29.6 Å². The lowest BCUT2D eigenvalue weighted by atomic mass is 9.83. The summed E-state index contributed by atoms with van der Waals surface area (Å²) in [5.41, 5.74) is 0. The number of hydrogen-bond acceptors (Lipinski definition) is 6. The minimum absolute atomic E-state index is 0.112. The number of rotatable bonds is 1. The first-order valence-corrected chi connectivity index (χ1v) is 9.31. The predicted octanol–water partition coefficient (Wildman–Crippen LogP) is 1.69. The van der Waals surface area contributed by atoms with Crippen LogP contribution in [-0.4, -0.2) is 51.5 Å². The maximum atomic E-state index is 12.4. The molecule has 0 saturated carbocycles. The maximum absolute atomic E-state index is 12.4. The molecule has 0 aliphatic carbocycles. The van der Waals surface area contributed by atoms with Gasteiger partial charge in [-0.15, -0.1) is 0 Å². The standard InChI is InChI=1S/C19H34O6/c1-10-8-11(2)19(24)25-18(14(5)20)13(4)17(23)12(3)16(22)7-6-15(21)9-10/h10-15,17-18,20-21,23H,6-9H2,1-5H3/t10-,11?,12?,13+,14?,15?,17?,18?/m0/s1. The van der Waals surface area contributed by atoms with E-state index in [-0.39, 0.29) is 24.0 Å². The molecule has 0 aromatic rings. The third kappa shape index (κ3) is 6.35. The second kappa shape index (κ2) is 9.64. The van der Waals surface area contributed by atoms with Gasteiger partial charge in [-0.1, -0.05) is 27.7 Å². The zero-order valence-electron chi connectivity index (χ0n) is 16.0. The average Bonchev–Trinajstić information content (AvgIpc) is 2.53. The van der Waals surface area contributed by atoms with Crippen molar-refractivity contribution in [1.29, 1.82) is 0 Å². The van der Waals surface area contributed by atoms with Gasteiger partial charge in [-0.25, -0.2) is 0 Å². The Morgan fingerprint density at radius 1 is 1.08 bits per heavy atom. The van der Waals surface area contributed by atoms with Gasteiger partial charge in [0.05, 0.1) is 24.2 Å². The molecular weight excluding hydrogens is 324 g/mol. The number of ether oxygens (including phenoxy) is 1. The largest absolute Gasteiger partial charge is 0.459 e. The quantitative estimate of drug-likeness (QED) is 0.616. The first kappa shape index (κ1) is 22.1. The molecule has 146 valence electrons. The summed E-state index contributed by atoms with van der Waals surface area (Å²) in [4.78, 5) is 24.7. The highest BCUT2D eigenvalue weighted by Gasteiger charge is 2.37. The molecule has 0 spiro atoms. The summed E-state index contributed by atoms with van der Waals surface area (Å²) < 4.78 is 5.49. The predicted molar refractivity (Wildman–Crippen MR) is 93.7 cm³/mol. The molecule has 0 bridgehead atoms. The average molecular weight is 358 g/mol. The number of aliphatic hydroxyl groups is 3. The Kier molecular flexibility index (Phi) is 8.51. The molecule has 1 saturated heterocycles. The fourth-order valence-corrected chi connectivity index (χ4v) is 3.65. The molecular formula is C19H34O6. The van der Waals surface area contributed by atoms with Gasteiger partial charge < -0.3 is 20.1 Å². The Bertz CT molecular complexity index is 449. The summed E-state index contributed by atoms with van der Waals surface area (Å²) in [6.45, 7) is 8.55. The molecule has 1 fully saturated rings. The number of hydrogen-bond donors (Lipinski definition) is 3. The van der Waals surface area contributed by atoms with Gasteiger partial charge in [-0.3, -0.25) is 9.59 Å². The second-order valence-corrected chi connectivity index (χ2v) is 7.92. The van der Waals surface area contributed by atoms with E-state index in [1.165, 1.54) is 6.92 Å². The first-order chi connectivity index (χ1) is 11.5. The highest BCUT2D eigenvalue weighted by Crippen LogP contribution is 2.27. The molecule has 0 amide bonds. The van der Waals surface area contributed by atoms with Crippen LogP contribution in [0.5, 0.6) is 0 Å². The van der Waals surface area contributed by atoms with E-state index in [0.29, 0.717) is 19.3 Å². The SMILES string of the molecule is CC1C[C@H](C)CC(O)CCC(=O)C(C)C(O)[C@@H](C)C(C(C)O)OC1=O. The van der Waals surface area contributed by atoms with E-state index in [4.69, 9.17) is 4.74 Å². The van der Waals surface area contributed by atoms with E-state index in [2.05, 4.69) is 0 Å². The minimum atomic E-state index is -1.03. The molecule has 25 heavy (non-hydrogen) atoms. The minimum Gasteiger partial charge on any atom is -0.459 e. The van der Waals surface area contributed by atoms with E-state index < -0.39 is 42.2 Å². The molecule has 0 aromatic heterocycles. The van der Waals surface area contributed by atoms with E-state index in [9.17, 15) is 24.9 Å². The van der Waals surface area contributed by atoms with Gasteiger partial charge in [-0.05, 0) is 32.1 Å². The van der Waals surface area contributed by atoms with Crippen LogP contribution in [0.1, 0.15) is 60.3 Å². The molecule has 6 heteroatoms. The Hall–Kier alpha value is -0.980. The lowest BCUT2D eigenvalue weighted by Crippen LogP contribution is -2.45. The zero-order valence-corrected chi connectivity index (χ0v) is 16.0. The van der Waals surface area contributed by atoms with Crippen LogP contribution in [-0.2, 0) is 14.3 Å². The summed E-state index contributed by atoms with van der Waals surface area (Å²) in [6.07, 6.45) is -1.83. The molecule has 6 nitrogen and oxygen atoms in total. The Morgan fingerprint density at radius 2 is 1.68 bits per heavy atom. The van der Waals surface area contributed by atoms with Crippen LogP contribution in [0, 0.1) is 23.7 Å². The van der Waals surface area contributed by atoms with Gasteiger partial charge in [0, 0.05) is 18.3 Å². The molecule has 0 radical (unpaired) electrons. The number of carbonyl (C=O) groups is 2. The lowest BCUT2D eigenvalue weighted by molar-refractivity contribution is -0.168. The maximum Gasteiger partial charge on any atom is 0.309 e. The van der Waals surface area contributed by atoms with Crippen LogP contribution in [0.2, 0.25) is 0 Å². The summed E-state index contributed by atoms with van der Waals surface area (Å²) >= 11 is 0. The normalized spacial score (nSPS) is 40.9. The topological polar surface area (TPSA) is 104 Å². The molecule has 3 N–H and O–H groups in total. The van der Waals surface area contributed by atoms with E-state index in [1.807, 2.05) is 6.92 Å². The van der Waals surface area contributed by atoms with Crippen molar-refractivity contribution in [2.45, 2.75) is 84.7 Å². The van der Waals surface area contributed by atoms with Gasteiger partial charge in [0.25, 0.3) is 0 Å². The lowest BCUT2D eigenvalue weighted by Gasteiger charge is -2.33. The number of ketones is 1. The summed E-state index contributed by atoms with van der Waals surface area (Å²) in [5.74, 6) is -2.05. The van der Waals surface area contributed by atoms with Crippen LogP contribution in [0.25, 0.3) is 0 Å². The number of cyclic esters (lactones) is 1. The van der Waals surface area contributed by atoms with Crippen molar-refractivity contribution in [2.75, 3.05) is 0 Å². The Labute approximate surface area is 150 Å². The van der Waals surface area contributed by atoms with E-state index in [0.717, 1.165) is 0 Å². The molecule has 0 aromatic carbocycles. The van der Waals surface area contributed by atoms with E-state index >= 15 is 0 Å². The molecule has 8 atom stereocenters. The number of esters is 1. The van der Waals surface area contributed by atoms with Crippen molar-refractivity contribution in [2.24, 2.45) is 23.7 Å². The van der Waals surface area contributed by atoms with Crippen molar-refractivity contribution in [3.8, 4) is 0 Å². The van der Waals surface area contributed by atoms with Crippen molar-refractivity contribution >= 4 is 11.8 Å². The van der Waals surface area contributed by atoms with Crippen LogP contribution in [0.4, 0.5) is 0 Å². The van der Waals surface area contributed by atoms with Gasteiger partial charge in [0.15, 0.2) is 0 Å². The molecule has 6 unspecified atom stereocenters. The highest BCUT2D eigenvalue weighted by molar-refractivity contribution is 5.81. The smallest absolute Gasteiger partial charge is 0.309 e. The second-order valence-electron chi connectivity index (χ2n) is 7.92. The number of aliphatic hydroxyl groups excluding tert-OH is 3. The first-order valence-electron chi connectivity index (χ1n) is 9.31. The fraction of sp³-hybridized carbons (Fsp3) is 0.895. The summed E-state index contributed by atoms with van der Waals surface area (Å²) in [6, 6.07) is 0. The van der Waals surface area contributed by atoms with Crippen LogP contribution < -0.4 is 0 Å². The van der Waals surface area contributed by atoms with Crippen molar-refractivity contribution in [3.05, 3.63) is 0 Å². The van der Waals surface area contributed by atoms with Gasteiger partial charge >= 0.3 is 5.97 Å². The zero-order chi connectivity index (χ0) is 19.3. The van der Waals surface area contributed by atoms with Gasteiger partial charge in [0.2, 0.25) is 0 Å².